The van der Waals surface area contributed by atoms with Crippen LogP contribution in [0.15, 0.2) is 22.8 Å². The molecule has 0 aliphatic heterocycles. The molecule has 4 aliphatic carbocycles. The number of hydrogen-bond donors (Lipinski definition) is 1. The zero-order valence-corrected chi connectivity index (χ0v) is 14.1. The van der Waals surface area contributed by atoms with Gasteiger partial charge in [0.2, 0.25) is 5.91 Å². The van der Waals surface area contributed by atoms with Crippen molar-refractivity contribution in [3.63, 3.8) is 0 Å². The molecule has 0 unspecified atom stereocenters. The molecule has 1 aromatic heterocycles. The maximum atomic E-state index is 12.4. The standard InChI is InChI=1S/C19H28N2O2/c1-2-21(13-18(22)20-12-17-4-3-5-23-17)19-9-14-6-15(10-19)8-16(7-14)11-19/h3-5,14-16H,2,6-13H2,1H3,(H,20,22). The van der Waals surface area contributed by atoms with Crippen LogP contribution in [0.4, 0.5) is 0 Å². The quantitative estimate of drug-likeness (QED) is 0.876. The summed E-state index contributed by atoms with van der Waals surface area (Å²) in [5, 5.41) is 3.01. The molecule has 1 aromatic rings. The van der Waals surface area contributed by atoms with Gasteiger partial charge in [-0.1, -0.05) is 6.92 Å². The molecule has 126 valence electrons. The Morgan fingerprint density at radius 2 is 1.91 bits per heavy atom. The molecule has 5 rings (SSSR count). The maximum Gasteiger partial charge on any atom is 0.234 e. The van der Waals surface area contributed by atoms with E-state index in [0.717, 1.165) is 30.1 Å². The fourth-order valence-corrected chi connectivity index (χ4v) is 5.90. The average molecular weight is 316 g/mol. The number of hydrogen-bond acceptors (Lipinski definition) is 3. The van der Waals surface area contributed by atoms with E-state index in [0.29, 0.717) is 18.6 Å². The molecule has 23 heavy (non-hydrogen) atoms. The van der Waals surface area contributed by atoms with E-state index in [4.69, 9.17) is 4.42 Å². The third kappa shape index (κ3) is 2.93. The first kappa shape index (κ1) is 15.3. The zero-order chi connectivity index (χ0) is 15.9. The van der Waals surface area contributed by atoms with Gasteiger partial charge in [-0.25, -0.2) is 0 Å². The normalized spacial score (nSPS) is 35.0. The average Bonchev–Trinajstić information content (AvgIpc) is 3.02. The summed E-state index contributed by atoms with van der Waals surface area (Å²) in [5.74, 6) is 3.69. The van der Waals surface area contributed by atoms with E-state index in [2.05, 4.69) is 17.1 Å². The molecule has 0 atom stereocenters. The zero-order valence-electron chi connectivity index (χ0n) is 14.1. The lowest BCUT2D eigenvalue weighted by Gasteiger charge is -2.60. The summed E-state index contributed by atoms with van der Waals surface area (Å²) in [6.07, 6.45) is 9.94. The van der Waals surface area contributed by atoms with Crippen molar-refractivity contribution in [2.24, 2.45) is 17.8 Å². The van der Waals surface area contributed by atoms with E-state index in [-0.39, 0.29) is 5.91 Å². The summed E-state index contributed by atoms with van der Waals surface area (Å²) in [5.41, 5.74) is 0.311. The highest BCUT2D eigenvalue weighted by molar-refractivity contribution is 5.78. The van der Waals surface area contributed by atoms with Gasteiger partial charge in [0, 0.05) is 5.54 Å². The van der Waals surface area contributed by atoms with Gasteiger partial charge in [-0.15, -0.1) is 0 Å². The van der Waals surface area contributed by atoms with E-state index in [1.165, 1.54) is 38.5 Å². The number of carbonyl (C=O) groups excluding carboxylic acids is 1. The molecule has 1 heterocycles. The van der Waals surface area contributed by atoms with Crippen LogP contribution in [0.2, 0.25) is 0 Å². The summed E-state index contributed by atoms with van der Waals surface area (Å²) in [6.45, 7) is 4.20. The molecular formula is C19H28N2O2. The summed E-state index contributed by atoms with van der Waals surface area (Å²) in [7, 11) is 0. The van der Waals surface area contributed by atoms with Gasteiger partial charge in [-0.3, -0.25) is 9.69 Å². The molecule has 4 bridgehead atoms. The highest BCUT2D eigenvalue weighted by Gasteiger charge is 2.53. The van der Waals surface area contributed by atoms with Gasteiger partial charge >= 0.3 is 0 Å². The van der Waals surface area contributed by atoms with Crippen LogP contribution < -0.4 is 5.32 Å². The van der Waals surface area contributed by atoms with Crippen molar-refractivity contribution in [1.29, 1.82) is 0 Å². The third-order valence-electron chi connectivity index (χ3n) is 6.43. The second-order valence-corrected chi connectivity index (χ2v) is 8.01. The van der Waals surface area contributed by atoms with E-state index in [9.17, 15) is 4.79 Å². The Kier molecular flexibility index (Phi) is 3.96. The van der Waals surface area contributed by atoms with Crippen LogP contribution in [-0.2, 0) is 11.3 Å². The van der Waals surface area contributed by atoms with Crippen LogP contribution in [0.3, 0.4) is 0 Å². The van der Waals surface area contributed by atoms with Crippen molar-refractivity contribution in [3.05, 3.63) is 24.2 Å². The van der Waals surface area contributed by atoms with Crippen molar-refractivity contribution in [2.75, 3.05) is 13.1 Å². The summed E-state index contributed by atoms with van der Waals surface area (Å²) < 4.78 is 5.29. The predicted molar refractivity (Wildman–Crippen MR) is 88.7 cm³/mol. The van der Waals surface area contributed by atoms with Crippen molar-refractivity contribution in [1.82, 2.24) is 10.2 Å². The smallest absolute Gasteiger partial charge is 0.234 e. The van der Waals surface area contributed by atoms with Crippen molar-refractivity contribution < 1.29 is 9.21 Å². The third-order valence-corrected chi connectivity index (χ3v) is 6.43. The number of furan rings is 1. The fraction of sp³-hybridized carbons (Fsp3) is 0.737. The Balaban J connectivity index is 1.39. The Morgan fingerprint density at radius 1 is 1.26 bits per heavy atom. The highest BCUT2D eigenvalue weighted by Crippen LogP contribution is 2.57. The van der Waals surface area contributed by atoms with Crippen molar-refractivity contribution in [3.8, 4) is 0 Å². The Hall–Kier alpha value is -1.29. The monoisotopic (exact) mass is 316 g/mol. The molecule has 1 amide bonds. The van der Waals surface area contributed by atoms with Crippen LogP contribution in [0.25, 0.3) is 0 Å². The topological polar surface area (TPSA) is 45.5 Å². The van der Waals surface area contributed by atoms with E-state index >= 15 is 0 Å². The maximum absolute atomic E-state index is 12.4. The number of nitrogens with zero attached hydrogens (tertiary/aromatic N) is 1. The minimum absolute atomic E-state index is 0.124. The molecule has 1 N–H and O–H groups in total. The first-order chi connectivity index (χ1) is 11.2. The molecule has 0 saturated heterocycles. The van der Waals surface area contributed by atoms with Crippen LogP contribution in [-0.4, -0.2) is 29.4 Å². The van der Waals surface area contributed by atoms with Crippen LogP contribution >= 0.6 is 0 Å². The van der Waals surface area contributed by atoms with E-state index in [1.807, 2.05) is 12.1 Å². The number of rotatable bonds is 6. The largest absolute Gasteiger partial charge is 0.467 e. The number of amides is 1. The lowest BCUT2D eigenvalue weighted by molar-refractivity contribution is -0.130. The SMILES string of the molecule is CCN(CC(=O)NCc1ccco1)C12CC3CC(CC(C3)C1)C2. The van der Waals surface area contributed by atoms with E-state index in [1.54, 1.807) is 6.26 Å². The minimum atomic E-state index is 0.124. The predicted octanol–water partition coefficient (Wildman–Crippen LogP) is 3.19. The number of likely N-dealkylation sites (N-methyl/N-ethyl adjacent to an activating group) is 1. The molecule has 0 radical (unpaired) electrons. The second-order valence-electron chi connectivity index (χ2n) is 8.01. The Morgan fingerprint density at radius 3 is 2.43 bits per heavy atom. The van der Waals surface area contributed by atoms with Gasteiger partial charge in [0.15, 0.2) is 0 Å². The molecule has 0 spiro atoms. The van der Waals surface area contributed by atoms with Gasteiger partial charge < -0.3 is 9.73 Å². The first-order valence-corrected chi connectivity index (χ1v) is 9.21. The molecule has 4 aliphatic rings. The molecule has 4 fully saturated rings. The van der Waals surface area contributed by atoms with Crippen LogP contribution in [0.1, 0.15) is 51.2 Å². The van der Waals surface area contributed by atoms with Crippen molar-refractivity contribution >= 4 is 5.91 Å². The van der Waals surface area contributed by atoms with Gasteiger partial charge in [0.1, 0.15) is 5.76 Å². The van der Waals surface area contributed by atoms with Gasteiger partial charge in [-0.2, -0.15) is 0 Å². The van der Waals surface area contributed by atoms with Gasteiger partial charge in [-0.05, 0) is 75.0 Å². The second kappa shape index (κ2) is 5.97. The Bertz CT molecular complexity index is 516. The lowest BCUT2D eigenvalue weighted by atomic mass is 9.52. The fourth-order valence-electron chi connectivity index (χ4n) is 5.90. The molecular weight excluding hydrogens is 288 g/mol. The van der Waals surface area contributed by atoms with Crippen LogP contribution in [0, 0.1) is 17.8 Å². The molecule has 4 nitrogen and oxygen atoms in total. The number of nitrogens with one attached hydrogen (secondary N) is 1. The summed E-state index contributed by atoms with van der Waals surface area (Å²) >= 11 is 0. The molecule has 4 saturated carbocycles. The molecule has 0 aromatic carbocycles. The van der Waals surface area contributed by atoms with Gasteiger partial charge in [0.05, 0.1) is 19.4 Å². The molecule has 4 heteroatoms. The first-order valence-electron chi connectivity index (χ1n) is 9.21. The van der Waals surface area contributed by atoms with Crippen LogP contribution in [0.5, 0.6) is 0 Å². The number of carbonyl (C=O) groups is 1. The van der Waals surface area contributed by atoms with Crippen molar-refractivity contribution in [2.45, 2.75) is 57.5 Å². The summed E-state index contributed by atoms with van der Waals surface area (Å²) in [6, 6.07) is 3.76. The summed E-state index contributed by atoms with van der Waals surface area (Å²) in [4.78, 5) is 14.9. The minimum Gasteiger partial charge on any atom is -0.467 e. The van der Waals surface area contributed by atoms with E-state index < -0.39 is 0 Å². The highest BCUT2D eigenvalue weighted by atomic mass is 16.3. The van der Waals surface area contributed by atoms with Gasteiger partial charge in [0.25, 0.3) is 0 Å². The lowest BCUT2D eigenvalue weighted by Crippen LogP contribution is -2.61. The Labute approximate surface area is 138 Å².